The maximum Gasteiger partial charge on any atom is 0.203 e. The van der Waals surface area contributed by atoms with Crippen molar-refractivity contribution in [2.75, 3.05) is 5.32 Å². The Balaban J connectivity index is 1.69. The molecule has 0 aliphatic heterocycles. The molecule has 21 heavy (non-hydrogen) atoms. The lowest BCUT2D eigenvalue weighted by Gasteiger charge is -2.25. The predicted octanol–water partition coefficient (Wildman–Crippen LogP) is 3.39. The largest absolute Gasteiger partial charge is 0.351 e. The molecule has 0 bridgehead atoms. The van der Waals surface area contributed by atoms with E-state index in [9.17, 15) is 0 Å². The van der Waals surface area contributed by atoms with Crippen LogP contribution in [0.3, 0.4) is 0 Å². The van der Waals surface area contributed by atoms with Crippen molar-refractivity contribution in [3.8, 4) is 0 Å². The quantitative estimate of drug-likeness (QED) is 0.917. The molecule has 1 aliphatic carbocycles. The van der Waals surface area contributed by atoms with E-state index in [0.29, 0.717) is 12.1 Å². The SMILES string of the molecule is Cc1cn(C2CCCCC2)c(NC(C)Cn2cccn2)n1. The minimum Gasteiger partial charge on any atom is -0.351 e. The van der Waals surface area contributed by atoms with Crippen molar-refractivity contribution in [2.24, 2.45) is 0 Å². The fourth-order valence-corrected chi connectivity index (χ4v) is 3.22. The van der Waals surface area contributed by atoms with E-state index in [1.807, 2.05) is 23.1 Å². The van der Waals surface area contributed by atoms with E-state index in [4.69, 9.17) is 0 Å². The number of nitrogens with one attached hydrogen (secondary N) is 1. The fourth-order valence-electron chi connectivity index (χ4n) is 3.22. The van der Waals surface area contributed by atoms with Gasteiger partial charge in [-0.15, -0.1) is 0 Å². The summed E-state index contributed by atoms with van der Waals surface area (Å²) < 4.78 is 4.31. The molecule has 2 aromatic rings. The molecule has 0 aromatic carbocycles. The Labute approximate surface area is 126 Å². The van der Waals surface area contributed by atoms with E-state index in [2.05, 4.69) is 40.0 Å². The van der Waals surface area contributed by atoms with Gasteiger partial charge in [0.05, 0.1) is 12.2 Å². The Morgan fingerprint density at radius 2 is 2.14 bits per heavy atom. The molecule has 0 radical (unpaired) electrons. The number of aromatic nitrogens is 4. The maximum atomic E-state index is 4.68. The smallest absolute Gasteiger partial charge is 0.203 e. The third-order valence-electron chi connectivity index (χ3n) is 4.22. The molecule has 1 N–H and O–H groups in total. The van der Waals surface area contributed by atoms with Gasteiger partial charge in [0.1, 0.15) is 0 Å². The monoisotopic (exact) mass is 287 g/mol. The van der Waals surface area contributed by atoms with Crippen LogP contribution in [0, 0.1) is 6.92 Å². The Bertz CT molecular complexity index is 551. The Morgan fingerprint density at radius 3 is 2.86 bits per heavy atom. The van der Waals surface area contributed by atoms with Gasteiger partial charge in [0.15, 0.2) is 0 Å². The van der Waals surface area contributed by atoms with Crippen LogP contribution in [0.5, 0.6) is 0 Å². The van der Waals surface area contributed by atoms with Gasteiger partial charge >= 0.3 is 0 Å². The van der Waals surface area contributed by atoms with Crippen LogP contribution < -0.4 is 5.32 Å². The van der Waals surface area contributed by atoms with Gasteiger partial charge in [-0.1, -0.05) is 19.3 Å². The number of imidazole rings is 1. The highest BCUT2D eigenvalue weighted by Crippen LogP contribution is 2.30. The summed E-state index contributed by atoms with van der Waals surface area (Å²) in [6.45, 7) is 5.10. The van der Waals surface area contributed by atoms with Gasteiger partial charge in [-0.2, -0.15) is 5.10 Å². The molecule has 114 valence electrons. The number of hydrogen-bond donors (Lipinski definition) is 1. The number of anilines is 1. The van der Waals surface area contributed by atoms with Gasteiger partial charge in [0, 0.05) is 30.7 Å². The first kappa shape index (κ1) is 14.2. The molecule has 2 heterocycles. The minimum atomic E-state index is 0.300. The second-order valence-corrected chi connectivity index (χ2v) is 6.18. The van der Waals surface area contributed by atoms with Crippen LogP contribution in [0.25, 0.3) is 0 Å². The molecule has 1 atom stereocenters. The topological polar surface area (TPSA) is 47.7 Å². The first-order valence-corrected chi connectivity index (χ1v) is 8.02. The molecule has 3 rings (SSSR count). The van der Waals surface area contributed by atoms with E-state index in [-0.39, 0.29) is 0 Å². The van der Waals surface area contributed by atoms with E-state index in [1.165, 1.54) is 32.1 Å². The summed E-state index contributed by atoms with van der Waals surface area (Å²) >= 11 is 0. The van der Waals surface area contributed by atoms with Crippen molar-refractivity contribution in [3.05, 3.63) is 30.4 Å². The maximum absolute atomic E-state index is 4.68. The Morgan fingerprint density at radius 1 is 1.33 bits per heavy atom. The third-order valence-corrected chi connectivity index (χ3v) is 4.22. The summed E-state index contributed by atoms with van der Waals surface area (Å²) in [4.78, 5) is 4.68. The highest BCUT2D eigenvalue weighted by Gasteiger charge is 2.19. The zero-order valence-electron chi connectivity index (χ0n) is 13.0. The summed E-state index contributed by atoms with van der Waals surface area (Å²) in [6.07, 6.45) is 12.6. The minimum absolute atomic E-state index is 0.300. The summed E-state index contributed by atoms with van der Waals surface area (Å²) in [5.74, 6) is 1.01. The first-order chi connectivity index (χ1) is 10.2. The van der Waals surface area contributed by atoms with Crippen LogP contribution >= 0.6 is 0 Å². The van der Waals surface area contributed by atoms with Gasteiger partial charge in [-0.25, -0.2) is 4.98 Å². The summed E-state index contributed by atoms with van der Waals surface area (Å²) in [7, 11) is 0. The highest BCUT2D eigenvalue weighted by molar-refractivity contribution is 5.31. The van der Waals surface area contributed by atoms with Gasteiger partial charge < -0.3 is 9.88 Å². The van der Waals surface area contributed by atoms with Crippen LogP contribution in [0.2, 0.25) is 0 Å². The fraction of sp³-hybridized carbons (Fsp3) is 0.625. The molecule has 0 saturated heterocycles. The zero-order chi connectivity index (χ0) is 14.7. The van der Waals surface area contributed by atoms with Crippen molar-refractivity contribution < 1.29 is 0 Å². The molecule has 1 unspecified atom stereocenters. The van der Waals surface area contributed by atoms with Gasteiger partial charge in [-0.05, 0) is 32.8 Å². The van der Waals surface area contributed by atoms with Gasteiger partial charge in [0.2, 0.25) is 5.95 Å². The number of hydrogen-bond acceptors (Lipinski definition) is 3. The van der Waals surface area contributed by atoms with Gasteiger partial charge in [0.25, 0.3) is 0 Å². The summed E-state index contributed by atoms with van der Waals surface area (Å²) in [6, 6.07) is 2.87. The summed E-state index contributed by atoms with van der Waals surface area (Å²) in [5, 5.41) is 7.82. The lowest BCUT2D eigenvalue weighted by molar-refractivity contribution is 0.355. The molecular weight excluding hydrogens is 262 g/mol. The zero-order valence-corrected chi connectivity index (χ0v) is 13.0. The highest BCUT2D eigenvalue weighted by atomic mass is 15.3. The molecule has 0 spiro atoms. The number of rotatable bonds is 5. The molecule has 1 aliphatic rings. The molecule has 5 nitrogen and oxygen atoms in total. The second kappa shape index (κ2) is 6.33. The van der Waals surface area contributed by atoms with E-state index in [1.54, 1.807) is 0 Å². The molecule has 1 fully saturated rings. The van der Waals surface area contributed by atoms with E-state index in [0.717, 1.165) is 18.2 Å². The Hall–Kier alpha value is -1.78. The average Bonchev–Trinajstić information content (AvgIpc) is 3.09. The second-order valence-electron chi connectivity index (χ2n) is 6.18. The Kier molecular flexibility index (Phi) is 4.27. The lowest BCUT2D eigenvalue weighted by Crippen LogP contribution is -2.25. The van der Waals surface area contributed by atoms with Crippen molar-refractivity contribution in [1.82, 2.24) is 19.3 Å². The average molecular weight is 287 g/mol. The third kappa shape index (κ3) is 3.46. The van der Waals surface area contributed by atoms with Crippen molar-refractivity contribution >= 4 is 5.95 Å². The van der Waals surface area contributed by atoms with Crippen molar-refractivity contribution in [3.63, 3.8) is 0 Å². The van der Waals surface area contributed by atoms with E-state index < -0.39 is 0 Å². The first-order valence-electron chi connectivity index (χ1n) is 8.02. The normalized spacial score (nSPS) is 17.8. The van der Waals surface area contributed by atoms with Crippen molar-refractivity contribution in [2.45, 2.75) is 64.6 Å². The van der Waals surface area contributed by atoms with Crippen LogP contribution in [0.15, 0.2) is 24.7 Å². The van der Waals surface area contributed by atoms with Crippen LogP contribution in [0.1, 0.15) is 50.8 Å². The molecule has 2 aromatic heterocycles. The molecule has 0 amide bonds. The van der Waals surface area contributed by atoms with Gasteiger partial charge in [-0.3, -0.25) is 4.68 Å². The van der Waals surface area contributed by atoms with E-state index >= 15 is 0 Å². The molecule has 1 saturated carbocycles. The lowest BCUT2D eigenvalue weighted by atomic mass is 9.95. The number of aryl methyl sites for hydroxylation is 1. The standard InChI is InChI=1S/C16H25N5/c1-13(11-20-10-6-9-17-20)18-16-19-14(2)12-21(16)15-7-4-3-5-8-15/h6,9-10,12-13,15H,3-5,7-8,11H2,1-2H3,(H,18,19). The summed E-state index contributed by atoms with van der Waals surface area (Å²) in [5.41, 5.74) is 1.09. The van der Waals surface area contributed by atoms with Crippen molar-refractivity contribution in [1.29, 1.82) is 0 Å². The van der Waals surface area contributed by atoms with Crippen LogP contribution in [0.4, 0.5) is 5.95 Å². The van der Waals surface area contributed by atoms with Crippen LogP contribution in [-0.2, 0) is 6.54 Å². The van der Waals surface area contributed by atoms with Crippen LogP contribution in [-0.4, -0.2) is 25.4 Å². The molecular formula is C16H25N5. The predicted molar refractivity (Wildman–Crippen MR) is 84.4 cm³/mol. The molecule has 5 heteroatoms. The number of nitrogens with zero attached hydrogens (tertiary/aromatic N) is 4.